The van der Waals surface area contributed by atoms with Gasteiger partial charge in [0.25, 0.3) is 0 Å². The minimum absolute atomic E-state index is 0.0514. The molecule has 0 saturated carbocycles. The van der Waals surface area contributed by atoms with Crippen molar-refractivity contribution in [2.75, 3.05) is 42.5 Å². The maximum absolute atomic E-state index is 15.2. The van der Waals surface area contributed by atoms with Crippen LogP contribution in [0.5, 0.6) is 0 Å². The fourth-order valence-electron chi connectivity index (χ4n) is 4.17. The summed E-state index contributed by atoms with van der Waals surface area (Å²) in [6.45, 7) is 2.91. The molecule has 1 aromatic carbocycles. The number of halogens is 2. The van der Waals surface area contributed by atoms with E-state index >= 15 is 8.78 Å². The van der Waals surface area contributed by atoms with E-state index in [9.17, 15) is 9.59 Å². The lowest BCUT2D eigenvalue weighted by molar-refractivity contribution is 0.129. The Labute approximate surface area is 209 Å². The Morgan fingerprint density at radius 1 is 1.24 bits per heavy atom. The number of aromatic nitrogens is 5. The molecule has 2 saturated heterocycles. The number of carbonyl (C=O) groups is 2. The van der Waals surface area contributed by atoms with Crippen LogP contribution in [0.25, 0.3) is 0 Å². The highest BCUT2D eigenvalue weighted by Crippen LogP contribution is 2.31. The van der Waals surface area contributed by atoms with Gasteiger partial charge in [0.2, 0.25) is 5.89 Å². The average molecular weight is 518 g/mol. The molecule has 2 aliphatic heterocycles. The Kier molecular flexibility index (Phi) is 6.80. The number of hydrogen-bond donors (Lipinski definition) is 2. The van der Waals surface area contributed by atoms with E-state index in [2.05, 4.69) is 31.2 Å². The van der Waals surface area contributed by atoms with Gasteiger partial charge in [-0.1, -0.05) is 10.4 Å². The second-order valence-electron chi connectivity index (χ2n) is 8.43. The summed E-state index contributed by atoms with van der Waals surface area (Å²) in [5.74, 6) is -0.935. The molecular weight excluding hydrogens is 494 g/mol. The normalized spacial score (nSPS) is 18.2. The number of anilines is 2. The molecule has 0 aliphatic carbocycles. The molecule has 4 heterocycles. The van der Waals surface area contributed by atoms with Crippen molar-refractivity contribution >= 4 is 23.5 Å². The number of hydrazine groups is 1. The number of nitrogens with zero attached hydrogens (tertiary/aromatic N) is 8. The summed E-state index contributed by atoms with van der Waals surface area (Å²) in [5, 5.41) is 15.2. The first-order valence-electron chi connectivity index (χ1n) is 11.5. The highest BCUT2D eigenvalue weighted by Gasteiger charge is 2.34. The number of amides is 3. The summed E-state index contributed by atoms with van der Waals surface area (Å²) in [6, 6.07) is 1.77. The van der Waals surface area contributed by atoms with Crippen molar-refractivity contribution in [3.05, 3.63) is 47.9 Å². The molecule has 2 N–H and O–H groups in total. The smallest absolute Gasteiger partial charge is 0.414 e. The topological polar surface area (TPSA) is 147 Å². The quantitative estimate of drug-likeness (QED) is 0.481. The van der Waals surface area contributed by atoms with Crippen LogP contribution in [0, 0.1) is 18.6 Å². The molecule has 196 valence electrons. The number of hydrogen-bond acceptors (Lipinski definition) is 10. The zero-order chi connectivity index (χ0) is 25.9. The van der Waals surface area contributed by atoms with Gasteiger partial charge in [-0.3, -0.25) is 9.91 Å². The van der Waals surface area contributed by atoms with Gasteiger partial charge in [0.15, 0.2) is 17.5 Å². The number of cyclic esters (lactones) is 1. The van der Waals surface area contributed by atoms with E-state index in [1.807, 2.05) is 0 Å². The second-order valence-corrected chi connectivity index (χ2v) is 8.43. The van der Waals surface area contributed by atoms with Crippen LogP contribution in [-0.2, 0) is 17.8 Å². The Hall–Kier alpha value is -4.34. The number of aryl methyl sites for hydroxylation is 1. The van der Waals surface area contributed by atoms with Crippen LogP contribution in [0.2, 0.25) is 0 Å². The molecule has 0 bridgehead atoms. The minimum atomic E-state index is -0.826. The average Bonchev–Trinajstić information content (AvgIpc) is 3.56. The van der Waals surface area contributed by atoms with Crippen LogP contribution in [-0.4, -0.2) is 81.1 Å². The minimum Gasteiger partial charge on any atom is -0.442 e. The van der Waals surface area contributed by atoms with Gasteiger partial charge in [-0.2, -0.15) is 4.98 Å². The van der Waals surface area contributed by atoms with Gasteiger partial charge in [-0.15, -0.1) is 5.10 Å². The van der Waals surface area contributed by atoms with Crippen molar-refractivity contribution < 1.29 is 27.6 Å². The van der Waals surface area contributed by atoms with E-state index in [0.717, 1.165) is 12.1 Å². The van der Waals surface area contributed by atoms with Gasteiger partial charge in [-0.25, -0.2) is 28.5 Å². The Morgan fingerprint density at radius 3 is 2.76 bits per heavy atom. The molecule has 2 aliphatic rings. The third kappa shape index (κ3) is 5.42. The zero-order valence-electron chi connectivity index (χ0n) is 19.8. The van der Waals surface area contributed by atoms with Crippen molar-refractivity contribution in [1.29, 1.82) is 0 Å². The van der Waals surface area contributed by atoms with Crippen LogP contribution in [0.15, 0.2) is 29.0 Å². The van der Waals surface area contributed by atoms with Crippen LogP contribution >= 0.6 is 0 Å². The molecule has 1 atom stereocenters. The van der Waals surface area contributed by atoms with Crippen molar-refractivity contribution in [2.45, 2.75) is 26.1 Å². The Morgan fingerprint density at radius 2 is 2.05 bits per heavy atom. The molecule has 2 fully saturated rings. The third-order valence-electron chi connectivity index (χ3n) is 5.86. The fourth-order valence-corrected chi connectivity index (χ4v) is 4.17. The highest BCUT2D eigenvalue weighted by molar-refractivity contribution is 5.90. The number of rotatable bonds is 6. The standard InChI is InChI=1S/C21H24F2N10O4/c1-13-27-18(28-37-13)10-24-20(34)33-7-6-30(4-3-26-33)19-16(22)8-14(9-17(19)23)32-12-15(36-21(32)35)11-31-5-2-25-29-31/h2,5,8-9,15,26H,3-4,6-7,10-12H2,1H3,(H,24,34)/t15-/m0/s1. The second kappa shape index (κ2) is 10.3. The van der Waals surface area contributed by atoms with Crippen LogP contribution < -0.4 is 20.5 Å². The summed E-state index contributed by atoms with van der Waals surface area (Å²) >= 11 is 0. The largest absolute Gasteiger partial charge is 0.442 e. The first-order chi connectivity index (χ1) is 17.9. The number of benzene rings is 1. The maximum Gasteiger partial charge on any atom is 0.414 e. The lowest BCUT2D eigenvalue weighted by Crippen LogP contribution is -2.48. The predicted octanol–water partition coefficient (Wildman–Crippen LogP) is 0.810. The summed E-state index contributed by atoms with van der Waals surface area (Å²) in [7, 11) is 0. The highest BCUT2D eigenvalue weighted by atomic mass is 19.1. The van der Waals surface area contributed by atoms with E-state index in [1.165, 1.54) is 25.7 Å². The molecular formula is C21H24F2N10O4. The third-order valence-corrected chi connectivity index (χ3v) is 5.86. The van der Waals surface area contributed by atoms with Gasteiger partial charge in [0.05, 0.1) is 38.1 Å². The molecule has 14 nitrogen and oxygen atoms in total. The Bertz CT molecular complexity index is 1250. The lowest BCUT2D eigenvalue weighted by Gasteiger charge is -2.25. The van der Waals surface area contributed by atoms with Gasteiger partial charge in [0, 0.05) is 44.9 Å². The summed E-state index contributed by atoms with van der Waals surface area (Å²) in [6.07, 6.45) is 1.88. The summed E-state index contributed by atoms with van der Waals surface area (Å²) in [5.41, 5.74) is 2.75. The molecule has 16 heteroatoms. The molecule has 5 rings (SSSR count). The van der Waals surface area contributed by atoms with Gasteiger partial charge >= 0.3 is 12.1 Å². The molecule has 0 radical (unpaired) electrons. The fraction of sp³-hybridized carbons (Fsp3) is 0.429. The number of carbonyl (C=O) groups excluding carboxylic acids is 2. The van der Waals surface area contributed by atoms with Crippen molar-refractivity contribution in [1.82, 2.24) is 40.9 Å². The van der Waals surface area contributed by atoms with E-state index in [1.54, 1.807) is 13.1 Å². The first kappa shape index (κ1) is 24.4. The summed E-state index contributed by atoms with van der Waals surface area (Å²) < 4.78 is 42.0. The van der Waals surface area contributed by atoms with E-state index < -0.39 is 29.9 Å². The van der Waals surface area contributed by atoms with Crippen LogP contribution in [0.1, 0.15) is 11.7 Å². The molecule has 2 aromatic heterocycles. The number of ether oxygens (including phenoxy) is 1. The van der Waals surface area contributed by atoms with E-state index in [-0.39, 0.29) is 57.2 Å². The van der Waals surface area contributed by atoms with Crippen molar-refractivity contribution in [2.24, 2.45) is 0 Å². The van der Waals surface area contributed by atoms with Crippen LogP contribution in [0.4, 0.5) is 29.7 Å². The van der Waals surface area contributed by atoms with Gasteiger partial charge < -0.3 is 19.5 Å². The Balaban J connectivity index is 1.21. The number of urea groups is 1. The van der Waals surface area contributed by atoms with Gasteiger partial charge in [0.1, 0.15) is 11.8 Å². The molecule has 3 aromatic rings. The number of nitrogens with one attached hydrogen (secondary N) is 2. The predicted molar refractivity (Wildman–Crippen MR) is 122 cm³/mol. The van der Waals surface area contributed by atoms with Crippen LogP contribution in [0.3, 0.4) is 0 Å². The zero-order valence-corrected chi connectivity index (χ0v) is 19.8. The summed E-state index contributed by atoms with van der Waals surface area (Å²) in [4.78, 5) is 31.6. The molecule has 3 amide bonds. The van der Waals surface area contributed by atoms with Gasteiger partial charge in [-0.05, 0) is 0 Å². The van der Waals surface area contributed by atoms with E-state index in [4.69, 9.17) is 9.26 Å². The SMILES string of the molecule is Cc1nc(CNC(=O)N2CCN(c3c(F)cc(N4C[C@H](Cn5ccnn5)OC4=O)cc3F)CCN2)no1. The molecule has 0 unspecified atom stereocenters. The maximum atomic E-state index is 15.2. The van der Waals surface area contributed by atoms with E-state index in [0.29, 0.717) is 11.7 Å². The van der Waals surface area contributed by atoms with Crippen molar-refractivity contribution in [3.63, 3.8) is 0 Å². The molecule has 37 heavy (non-hydrogen) atoms. The first-order valence-corrected chi connectivity index (χ1v) is 11.5. The van der Waals surface area contributed by atoms with Crippen molar-refractivity contribution in [3.8, 4) is 0 Å². The monoisotopic (exact) mass is 518 g/mol. The lowest BCUT2D eigenvalue weighted by atomic mass is 10.2. The molecule has 0 spiro atoms.